The molecule has 1 N–H and O–H groups in total. The van der Waals surface area contributed by atoms with E-state index in [0.717, 1.165) is 55.2 Å². The SMILES string of the molecule is C[C@@H]1CCc2c(sc3nc(SCC(=O)Nc4ccc(Cl)cc4)n(C4CCCC4)c(=O)c23)C1. The summed E-state index contributed by atoms with van der Waals surface area (Å²) in [6, 6.07) is 7.23. The third kappa shape index (κ3) is 4.35. The summed E-state index contributed by atoms with van der Waals surface area (Å²) in [6.45, 7) is 2.28. The van der Waals surface area contributed by atoms with Crippen LogP contribution in [0.4, 0.5) is 5.69 Å². The van der Waals surface area contributed by atoms with Gasteiger partial charge in [-0.2, -0.15) is 0 Å². The Labute approximate surface area is 200 Å². The second kappa shape index (κ2) is 9.20. The monoisotopic (exact) mass is 487 g/mol. The molecule has 168 valence electrons. The lowest BCUT2D eigenvalue weighted by Crippen LogP contribution is -2.27. The molecule has 2 aliphatic rings. The summed E-state index contributed by atoms with van der Waals surface area (Å²) in [5.41, 5.74) is 2.02. The molecule has 0 saturated heterocycles. The number of benzene rings is 1. The summed E-state index contributed by atoms with van der Waals surface area (Å²) in [4.78, 5) is 33.4. The average Bonchev–Trinajstić information content (AvgIpc) is 3.41. The van der Waals surface area contributed by atoms with Crippen molar-refractivity contribution in [2.45, 2.75) is 63.1 Å². The van der Waals surface area contributed by atoms with Gasteiger partial charge in [0.25, 0.3) is 5.56 Å². The van der Waals surface area contributed by atoms with E-state index < -0.39 is 0 Å². The number of thiophene rings is 1. The van der Waals surface area contributed by atoms with Crippen molar-refractivity contribution in [2.75, 3.05) is 11.1 Å². The molecular formula is C24H26ClN3O2S2. The van der Waals surface area contributed by atoms with Gasteiger partial charge in [-0.1, -0.05) is 43.1 Å². The topological polar surface area (TPSA) is 64.0 Å². The molecule has 1 aromatic carbocycles. The summed E-state index contributed by atoms with van der Waals surface area (Å²) in [7, 11) is 0. The van der Waals surface area contributed by atoms with E-state index in [1.807, 2.05) is 4.57 Å². The molecule has 5 nitrogen and oxygen atoms in total. The van der Waals surface area contributed by atoms with E-state index in [1.54, 1.807) is 35.6 Å². The van der Waals surface area contributed by atoms with Gasteiger partial charge in [0.2, 0.25) is 5.91 Å². The number of fused-ring (bicyclic) bond motifs is 3. The second-order valence-electron chi connectivity index (χ2n) is 8.88. The fourth-order valence-electron chi connectivity index (χ4n) is 4.83. The summed E-state index contributed by atoms with van der Waals surface area (Å²) in [5.74, 6) is 0.733. The van der Waals surface area contributed by atoms with Gasteiger partial charge in [0.15, 0.2) is 5.16 Å². The number of halogens is 1. The van der Waals surface area contributed by atoms with Crippen LogP contribution in [0.15, 0.2) is 34.2 Å². The maximum atomic E-state index is 13.7. The smallest absolute Gasteiger partial charge is 0.263 e. The highest BCUT2D eigenvalue weighted by Crippen LogP contribution is 2.38. The Morgan fingerprint density at radius 3 is 2.75 bits per heavy atom. The summed E-state index contributed by atoms with van der Waals surface area (Å²) in [6.07, 6.45) is 7.40. The number of aryl methyl sites for hydroxylation is 1. The van der Waals surface area contributed by atoms with E-state index in [4.69, 9.17) is 16.6 Å². The molecule has 2 aromatic heterocycles. The fraction of sp³-hybridized carbons (Fsp3) is 0.458. The normalized spacial score (nSPS) is 18.8. The molecule has 1 fully saturated rings. The van der Waals surface area contributed by atoms with Crippen LogP contribution in [0.3, 0.4) is 0 Å². The Morgan fingerprint density at radius 2 is 2.00 bits per heavy atom. The highest BCUT2D eigenvalue weighted by Gasteiger charge is 2.28. The van der Waals surface area contributed by atoms with E-state index in [0.29, 0.717) is 21.8 Å². The van der Waals surface area contributed by atoms with Crippen molar-refractivity contribution in [1.82, 2.24) is 9.55 Å². The number of anilines is 1. The van der Waals surface area contributed by atoms with Crippen LogP contribution in [0.25, 0.3) is 10.2 Å². The van der Waals surface area contributed by atoms with Crippen LogP contribution in [-0.4, -0.2) is 21.2 Å². The number of carbonyl (C=O) groups is 1. The van der Waals surface area contributed by atoms with Crippen molar-refractivity contribution in [3.63, 3.8) is 0 Å². The van der Waals surface area contributed by atoms with Gasteiger partial charge in [-0.3, -0.25) is 14.2 Å². The van der Waals surface area contributed by atoms with Gasteiger partial charge < -0.3 is 5.32 Å². The number of nitrogens with zero attached hydrogens (tertiary/aromatic N) is 2. The Hall–Kier alpha value is -1.83. The Balaban J connectivity index is 1.45. The van der Waals surface area contributed by atoms with Crippen molar-refractivity contribution in [3.8, 4) is 0 Å². The minimum Gasteiger partial charge on any atom is -0.325 e. The number of hydrogen-bond donors (Lipinski definition) is 1. The number of rotatable bonds is 5. The molecule has 2 aliphatic carbocycles. The number of hydrogen-bond acceptors (Lipinski definition) is 5. The highest BCUT2D eigenvalue weighted by molar-refractivity contribution is 7.99. The minimum absolute atomic E-state index is 0.0922. The van der Waals surface area contributed by atoms with Crippen LogP contribution in [0.2, 0.25) is 5.02 Å². The molecule has 8 heteroatoms. The minimum atomic E-state index is -0.121. The van der Waals surface area contributed by atoms with Crippen molar-refractivity contribution in [2.24, 2.45) is 5.92 Å². The van der Waals surface area contributed by atoms with Crippen LogP contribution in [0.1, 0.15) is 55.5 Å². The number of carbonyl (C=O) groups excluding carboxylic acids is 1. The molecule has 0 unspecified atom stereocenters. The molecule has 0 bridgehead atoms. The first-order valence-corrected chi connectivity index (χ1v) is 13.4. The number of aromatic nitrogens is 2. The van der Waals surface area contributed by atoms with Crippen molar-refractivity contribution in [3.05, 3.63) is 50.1 Å². The zero-order valence-electron chi connectivity index (χ0n) is 18.0. The van der Waals surface area contributed by atoms with Crippen LogP contribution in [0.5, 0.6) is 0 Å². The summed E-state index contributed by atoms with van der Waals surface area (Å²) in [5, 5.41) is 5.03. The first-order chi connectivity index (χ1) is 15.5. The van der Waals surface area contributed by atoms with E-state index in [2.05, 4.69) is 12.2 Å². The lowest BCUT2D eigenvalue weighted by atomic mass is 9.89. The summed E-state index contributed by atoms with van der Waals surface area (Å²) < 4.78 is 1.90. The molecule has 1 amide bonds. The Morgan fingerprint density at radius 1 is 1.25 bits per heavy atom. The van der Waals surface area contributed by atoms with Gasteiger partial charge in [-0.25, -0.2) is 4.98 Å². The zero-order valence-corrected chi connectivity index (χ0v) is 20.4. The molecular weight excluding hydrogens is 462 g/mol. The van der Waals surface area contributed by atoms with Gasteiger partial charge in [-0.05, 0) is 67.9 Å². The van der Waals surface area contributed by atoms with Crippen molar-refractivity contribution in [1.29, 1.82) is 0 Å². The molecule has 3 aromatic rings. The number of thioether (sulfide) groups is 1. The maximum Gasteiger partial charge on any atom is 0.263 e. The van der Waals surface area contributed by atoms with Crippen molar-refractivity contribution >= 4 is 56.5 Å². The van der Waals surface area contributed by atoms with Gasteiger partial charge in [0, 0.05) is 21.6 Å². The fourth-order valence-corrected chi connectivity index (χ4v) is 7.25. The maximum absolute atomic E-state index is 13.7. The average molecular weight is 488 g/mol. The zero-order chi connectivity index (χ0) is 22.2. The lowest BCUT2D eigenvalue weighted by molar-refractivity contribution is -0.113. The molecule has 2 heterocycles. The van der Waals surface area contributed by atoms with E-state index in [1.165, 1.54) is 22.2 Å². The van der Waals surface area contributed by atoms with Crippen molar-refractivity contribution < 1.29 is 4.79 Å². The molecule has 5 rings (SSSR count). The molecule has 0 radical (unpaired) electrons. The van der Waals surface area contributed by atoms with Crippen LogP contribution >= 0.6 is 34.7 Å². The van der Waals surface area contributed by atoms with Crippen LogP contribution in [0, 0.1) is 5.92 Å². The molecule has 1 atom stereocenters. The highest BCUT2D eigenvalue weighted by atomic mass is 35.5. The van der Waals surface area contributed by atoms with Gasteiger partial charge in [-0.15, -0.1) is 11.3 Å². The van der Waals surface area contributed by atoms with Gasteiger partial charge >= 0.3 is 0 Å². The Bertz CT molecular complexity index is 1210. The largest absolute Gasteiger partial charge is 0.325 e. The Kier molecular flexibility index (Phi) is 6.32. The second-order valence-corrected chi connectivity index (χ2v) is 11.3. The lowest BCUT2D eigenvalue weighted by Gasteiger charge is -2.19. The standard InChI is InChI=1S/C24H26ClN3O2S2/c1-14-6-11-18-19(12-14)32-22-21(18)23(30)28(17-4-2-3-5-17)24(27-22)31-13-20(29)26-16-9-7-15(25)8-10-16/h7-10,14,17H,2-6,11-13H2,1H3,(H,26,29)/t14-/m1/s1. The van der Waals surface area contributed by atoms with E-state index in [9.17, 15) is 9.59 Å². The number of amides is 1. The third-order valence-corrected chi connectivity index (χ3v) is 8.83. The van der Waals surface area contributed by atoms with Gasteiger partial charge in [0.1, 0.15) is 4.83 Å². The first kappa shape index (κ1) is 22.0. The quantitative estimate of drug-likeness (QED) is 0.349. The van der Waals surface area contributed by atoms with Crippen LogP contribution < -0.4 is 10.9 Å². The number of nitrogens with one attached hydrogen (secondary N) is 1. The summed E-state index contributed by atoms with van der Waals surface area (Å²) >= 11 is 8.95. The predicted octanol–water partition coefficient (Wildman–Crippen LogP) is 6.08. The molecule has 32 heavy (non-hydrogen) atoms. The predicted molar refractivity (Wildman–Crippen MR) is 133 cm³/mol. The third-order valence-electron chi connectivity index (χ3n) is 6.48. The van der Waals surface area contributed by atoms with E-state index in [-0.39, 0.29) is 23.3 Å². The van der Waals surface area contributed by atoms with Gasteiger partial charge in [0.05, 0.1) is 11.1 Å². The molecule has 0 spiro atoms. The molecule has 1 saturated carbocycles. The molecule has 0 aliphatic heterocycles. The van der Waals surface area contributed by atoms with Crippen LogP contribution in [-0.2, 0) is 17.6 Å². The first-order valence-electron chi connectivity index (χ1n) is 11.2. The van der Waals surface area contributed by atoms with E-state index >= 15 is 0 Å².